The lowest BCUT2D eigenvalue weighted by Gasteiger charge is -2.22. The number of carbonyl (C=O) groups excluding carboxylic acids is 2. The van der Waals surface area contributed by atoms with Gasteiger partial charge in [0.15, 0.2) is 5.65 Å². The number of fused-ring (bicyclic) bond motifs is 1. The number of nitrogens with zero attached hydrogens (tertiary/aromatic N) is 5. The molecule has 1 aliphatic rings. The molecule has 4 rings (SSSR count). The Hall–Kier alpha value is -2.94. The average Bonchev–Trinajstić information content (AvgIpc) is 3.22. The van der Waals surface area contributed by atoms with Crippen LogP contribution in [-0.4, -0.2) is 62.7 Å². The van der Waals surface area contributed by atoms with Crippen LogP contribution >= 0.6 is 11.3 Å². The molecule has 1 N–H and O–H groups in total. The molecule has 1 fully saturated rings. The standard InChI is InChI=1S/C19H22N6O2S/c1-13-16-10-15(11-20-17(16)23(2)22-13)21-19(27)25-6-3-5-24(7-8-25)18(26)14-4-9-28-12-14/h4,9-12H,3,5-8H2,1-2H3,(H,21,27). The lowest BCUT2D eigenvalue weighted by Crippen LogP contribution is -2.39. The van der Waals surface area contributed by atoms with Crippen LogP contribution in [0.5, 0.6) is 0 Å². The number of hydrogen-bond acceptors (Lipinski definition) is 5. The van der Waals surface area contributed by atoms with Crippen LogP contribution in [-0.2, 0) is 7.05 Å². The summed E-state index contributed by atoms with van der Waals surface area (Å²) in [7, 11) is 1.85. The summed E-state index contributed by atoms with van der Waals surface area (Å²) in [6.45, 7) is 4.22. The third-order valence-corrected chi connectivity index (χ3v) is 5.64. The van der Waals surface area contributed by atoms with Gasteiger partial charge in [-0.3, -0.25) is 9.48 Å². The lowest BCUT2D eigenvalue weighted by molar-refractivity contribution is 0.0763. The summed E-state index contributed by atoms with van der Waals surface area (Å²) in [6, 6.07) is 3.56. The van der Waals surface area contributed by atoms with Crippen molar-refractivity contribution in [1.82, 2.24) is 24.6 Å². The average molecular weight is 398 g/mol. The highest BCUT2D eigenvalue weighted by Gasteiger charge is 2.23. The predicted octanol–water partition coefficient (Wildman–Crippen LogP) is 2.72. The first-order valence-electron chi connectivity index (χ1n) is 9.19. The minimum atomic E-state index is -0.174. The molecule has 3 aromatic heterocycles. The van der Waals surface area contributed by atoms with Crippen LogP contribution in [0.15, 0.2) is 29.1 Å². The number of carbonyl (C=O) groups is 2. The van der Waals surface area contributed by atoms with Crippen LogP contribution in [0.2, 0.25) is 0 Å². The van der Waals surface area contributed by atoms with Crippen molar-refractivity contribution in [2.24, 2.45) is 7.05 Å². The molecule has 3 amide bonds. The summed E-state index contributed by atoms with van der Waals surface area (Å²) in [5.74, 6) is 0.0326. The SMILES string of the molecule is Cc1nn(C)c2ncc(NC(=O)N3CCCN(C(=O)c4ccsc4)CC3)cc12. The number of thiophene rings is 1. The first-order valence-corrected chi connectivity index (χ1v) is 10.1. The van der Waals surface area contributed by atoms with Crippen molar-refractivity contribution in [2.75, 3.05) is 31.5 Å². The number of pyridine rings is 1. The summed E-state index contributed by atoms with van der Waals surface area (Å²) in [5, 5.41) is 12.0. The molecule has 0 spiro atoms. The monoisotopic (exact) mass is 398 g/mol. The molecule has 3 aromatic rings. The van der Waals surface area contributed by atoms with Crippen LogP contribution in [0.4, 0.5) is 10.5 Å². The summed E-state index contributed by atoms with van der Waals surface area (Å²) in [6.07, 6.45) is 2.40. The lowest BCUT2D eigenvalue weighted by atomic mass is 10.2. The number of amides is 3. The zero-order valence-corrected chi connectivity index (χ0v) is 16.7. The zero-order chi connectivity index (χ0) is 19.7. The molecule has 0 radical (unpaired) electrons. The molecule has 8 nitrogen and oxygen atoms in total. The van der Waals surface area contributed by atoms with E-state index in [9.17, 15) is 9.59 Å². The second-order valence-electron chi connectivity index (χ2n) is 6.88. The molecular weight excluding hydrogens is 376 g/mol. The van der Waals surface area contributed by atoms with Crippen molar-refractivity contribution in [3.8, 4) is 0 Å². The molecular formula is C19H22N6O2S. The molecule has 1 saturated heterocycles. The van der Waals surface area contributed by atoms with Gasteiger partial charge in [0, 0.05) is 44.0 Å². The van der Waals surface area contributed by atoms with Crippen molar-refractivity contribution < 1.29 is 9.59 Å². The van der Waals surface area contributed by atoms with Crippen molar-refractivity contribution in [3.63, 3.8) is 0 Å². The first-order chi connectivity index (χ1) is 13.5. The Balaban J connectivity index is 1.41. The van der Waals surface area contributed by atoms with Gasteiger partial charge in [0.05, 0.1) is 23.1 Å². The van der Waals surface area contributed by atoms with E-state index >= 15 is 0 Å². The number of hydrogen-bond donors (Lipinski definition) is 1. The maximum absolute atomic E-state index is 12.7. The molecule has 1 aliphatic heterocycles. The normalized spacial score (nSPS) is 14.9. The third kappa shape index (κ3) is 3.57. The number of anilines is 1. The van der Waals surface area contributed by atoms with Crippen molar-refractivity contribution in [3.05, 3.63) is 40.3 Å². The Morgan fingerprint density at radius 2 is 1.96 bits per heavy atom. The van der Waals surface area contributed by atoms with Crippen LogP contribution in [0.3, 0.4) is 0 Å². The molecule has 0 bridgehead atoms. The molecule has 0 atom stereocenters. The van der Waals surface area contributed by atoms with E-state index in [0.29, 0.717) is 37.4 Å². The molecule has 0 saturated carbocycles. The number of nitrogens with one attached hydrogen (secondary N) is 1. The van der Waals surface area contributed by atoms with Gasteiger partial charge in [-0.25, -0.2) is 9.78 Å². The maximum Gasteiger partial charge on any atom is 0.321 e. The molecule has 0 unspecified atom stereocenters. The van der Waals surface area contributed by atoms with Gasteiger partial charge in [-0.05, 0) is 30.9 Å². The van der Waals surface area contributed by atoms with Crippen LogP contribution in [0, 0.1) is 6.92 Å². The minimum absolute atomic E-state index is 0.0326. The first kappa shape index (κ1) is 18.4. The van der Waals surface area contributed by atoms with Gasteiger partial charge in [-0.2, -0.15) is 16.4 Å². The highest BCUT2D eigenvalue weighted by Crippen LogP contribution is 2.20. The Labute approximate surface area is 166 Å². The maximum atomic E-state index is 12.7. The van der Waals surface area contributed by atoms with Crippen molar-refractivity contribution in [2.45, 2.75) is 13.3 Å². The molecule has 0 aromatic carbocycles. The van der Waals surface area contributed by atoms with Crippen molar-refractivity contribution >= 4 is 40.0 Å². The predicted molar refractivity (Wildman–Crippen MR) is 109 cm³/mol. The van der Waals surface area contributed by atoms with Gasteiger partial charge in [-0.15, -0.1) is 0 Å². The highest BCUT2D eigenvalue weighted by molar-refractivity contribution is 7.08. The van der Waals surface area contributed by atoms with Gasteiger partial charge in [-0.1, -0.05) is 0 Å². The number of urea groups is 1. The van der Waals surface area contributed by atoms with Gasteiger partial charge in [0.2, 0.25) is 0 Å². The number of aromatic nitrogens is 3. The van der Waals surface area contributed by atoms with Gasteiger partial charge in [0.25, 0.3) is 5.91 Å². The smallest absolute Gasteiger partial charge is 0.321 e. The van der Waals surface area contributed by atoms with Gasteiger partial charge in [0.1, 0.15) is 0 Å². The number of rotatable bonds is 2. The fraction of sp³-hybridized carbons (Fsp3) is 0.368. The minimum Gasteiger partial charge on any atom is -0.337 e. The van der Waals surface area contributed by atoms with Crippen LogP contribution < -0.4 is 5.32 Å². The topological polar surface area (TPSA) is 83.4 Å². The molecule has 9 heteroatoms. The Morgan fingerprint density at radius 3 is 2.75 bits per heavy atom. The van der Waals surface area contributed by atoms with E-state index in [-0.39, 0.29) is 11.9 Å². The Kier molecular flexibility index (Phi) is 4.99. The quantitative estimate of drug-likeness (QED) is 0.719. The van der Waals surface area contributed by atoms with Gasteiger partial charge >= 0.3 is 6.03 Å². The highest BCUT2D eigenvalue weighted by atomic mass is 32.1. The summed E-state index contributed by atoms with van der Waals surface area (Å²) < 4.78 is 1.73. The summed E-state index contributed by atoms with van der Waals surface area (Å²) >= 11 is 1.51. The van der Waals surface area contributed by atoms with Gasteiger partial charge < -0.3 is 15.1 Å². The molecule has 4 heterocycles. The molecule has 28 heavy (non-hydrogen) atoms. The Bertz CT molecular complexity index is 1010. The van der Waals surface area contributed by atoms with Crippen molar-refractivity contribution in [1.29, 1.82) is 0 Å². The van der Waals surface area contributed by atoms with E-state index in [1.54, 1.807) is 15.8 Å². The van der Waals surface area contributed by atoms with E-state index in [4.69, 9.17) is 0 Å². The van der Waals surface area contributed by atoms with Crippen LogP contribution in [0.1, 0.15) is 22.5 Å². The summed E-state index contributed by atoms with van der Waals surface area (Å²) in [4.78, 5) is 33.2. The third-order valence-electron chi connectivity index (χ3n) is 4.95. The number of aryl methyl sites for hydroxylation is 2. The molecule has 146 valence electrons. The second-order valence-corrected chi connectivity index (χ2v) is 7.66. The largest absolute Gasteiger partial charge is 0.337 e. The zero-order valence-electron chi connectivity index (χ0n) is 15.9. The fourth-order valence-corrected chi connectivity index (χ4v) is 4.10. The van der Waals surface area contributed by atoms with E-state index < -0.39 is 0 Å². The van der Waals surface area contributed by atoms with E-state index in [0.717, 1.165) is 23.1 Å². The summed E-state index contributed by atoms with van der Waals surface area (Å²) in [5.41, 5.74) is 3.02. The molecule has 0 aliphatic carbocycles. The van der Waals surface area contributed by atoms with E-state index in [2.05, 4.69) is 15.4 Å². The fourth-order valence-electron chi connectivity index (χ4n) is 3.47. The van der Waals surface area contributed by atoms with Crippen LogP contribution in [0.25, 0.3) is 11.0 Å². The van der Waals surface area contributed by atoms with E-state index in [1.807, 2.05) is 41.8 Å². The Morgan fingerprint density at radius 1 is 1.18 bits per heavy atom. The second kappa shape index (κ2) is 7.59. The van der Waals surface area contributed by atoms with E-state index in [1.165, 1.54) is 11.3 Å².